The Balaban J connectivity index is 1.45. The predicted octanol–water partition coefficient (Wildman–Crippen LogP) is 5.19. The molecule has 0 aliphatic carbocycles. The SMILES string of the molecule is Cc1ccc(-c2nc(C)c(C(=O)Nc3ncc(Cc4ccc(C#N)cc4)s3)s2)o1. The van der Waals surface area contributed by atoms with Crippen LogP contribution in [0.15, 0.2) is 47.0 Å². The van der Waals surface area contributed by atoms with Crippen LogP contribution in [-0.2, 0) is 6.42 Å². The summed E-state index contributed by atoms with van der Waals surface area (Å²) in [6.07, 6.45) is 2.45. The highest BCUT2D eigenvalue weighted by molar-refractivity contribution is 7.17. The average Bonchev–Trinajstić information content (AvgIpc) is 3.43. The van der Waals surface area contributed by atoms with Gasteiger partial charge < -0.3 is 4.42 Å². The quantitative estimate of drug-likeness (QED) is 0.480. The highest BCUT2D eigenvalue weighted by atomic mass is 32.1. The summed E-state index contributed by atoms with van der Waals surface area (Å²) in [5.74, 6) is 1.24. The molecule has 1 aromatic carbocycles. The van der Waals surface area contributed by atoms with E-state index in [1.807, 2.05) is 38.1 Å². The van der Waals surface area contributed by atoms with E-state index >= 15 is 0 Å². The number of aromatic nitrogens is 2. The van der Waals surface area contributed by atoms with Gasteiger partial charge in [-0.05, 0) is 43.7 Å². The second-order valence-corrected chi connectivity index (χ2v) is 8.53. The molecular weight excluding hydrogens is 404 g/mol. The Morgan fingerprint density at radius 3 is 2.66 bits per heavy atom. The highest BCUT2D eigenvalue weighted by Crippen LogP contribution is 2.30. The van der Waals surface area contributed by atoms with E-state index in [4.69, 9.17) is 9.68 Å². The molecular formula is C21H16N4O2S2. The number of hydrogen-bond donors (Lipinski definition) is 1. The molecule has 0 atom stereocenters. The van der Waals surface area contributed by atoms with Crippen LogP contribution in [-0.4, -0.2) is 15.9 Å². The van der Waals surface area contributed by atoms with Crippen molar-refractivity contribution in [3.8, 4) is 16.8 Å². The van der Waals surface area contributed by atoms with Gasteiger partial charge in [0.25, 0.3) is 5.91 Å². The first-order valence-electron chi connectivity index (χ1n) is 8.81. The molecule has 0 aliphatic heterocycles. The summed E-state index contributed by atoms with van der Waals surface area (Å²) >= 11 is 2.73. The zero-order chi connectivity index (χ0) is 20.4. The number of nitriles is 1. The minimum absolute atomic E-state index is 0.228. The minimum Gasteiger partial charge on any atom is -0.459 e. The summed E-state index contributed by atoms with van der Waals surface area (Å²) in [6, 6.07) is 13.3. The molecule has 144 valence electrons. The molecule has 6 nitrogen and oxygen atoms in total. The minimum atomic E-state index is -0.228. The number of furan rings is 1. The van der Waals surface area contributed by atoms with E-state index in [9.17, 15) is 4.79 Å². The maximum absolute atomic E-state index is 12.7. The van der Waals surface area contributed by atoms with Gasteiger partial charge >= 0.3 is 0 Å². The van der Waals surface area contributed by atoms with Gasteiger partial charge in [0.15, 0.2) is 15.9 Å². The number of carbonyl (C=O) groups excluding carboxylic acids is 1. The van der Waals surface area contributed by atoms with Crippen molar-refractivity contribution in [3.63, 3.8) is 0 Å². The number of nitrogens with zero attached hydrogens (tertiary/aromatic N) is 3. The first-order valence-corrected chi connectivity index (χ1v) is 10.4. The fourth-order valence-electron chi connectivity index (χ4n) is 2.76. The summed E-state index contributed by atoms with van der Waals surface area (Å²) < 4.78 is 5.60. The predicted molar refractivity (Wildman–Crippen MR) is 113 cm³/mol. The Hall–Kier alpha value is -3.28. The third-order valence-corrected chi connectivity index (χ3v) is 6.27. The average molecular weight is 421 g/mol. The molecule has 4 aromatic rings. The molecule has 3 heterocycles. The topological polar surface area (TPSA) is 91.8 Å². The normalized spacial score (nSPS) is 10.7. The van der Waals surface area contributed by atoms with Crippen LogP contribution in [0.3, 0.4) is 0 Å². The van der Waals surface area contributed by atoms with Crippen molar-refractivity contribution in [2.45, 2.75) is 20.3 Å². The Morgan fingerprint density at radius 1 is 1.17 bits per heavy atom. The molecule has 0 radical (unpaired) electrons. The molecule has 0 unspecified atom stereocenters. The third kappa shape index (κ3) is 4.26. The summed E-state index contributed by atoms with van der Waals surface area (Å²) in [7, 11) is 0. The van der Waals surface area contributed by atoms with Gasteiger partial charge in [-0.1, -0.05) is 12.1 Å². The zero-order valence-corrected chi connectivity index (χ0v) is 17.4. The Kier molecular flexibility index (Phi) is 5.25. The van der Waals surface area contributed by atoms with Crippen LogP contribution in [0.5, 0.6) is 0 Å². The molecule has 0 fully saturated rings. The number of anilines is 1. The summed E-state index contributed by atoms with van der Waals surface area (Å²) in [6.45, 7) is 3.68. The smallest absolute Gasteiger partial charge is 0.269 e. The van der Waals surface area contributed by atoms with Crippen molar-refractivity contribution in [2.24, 2.45) is 0 Å². The van der Waals surface area contributed by atoms with Crippen LogP contribution < -0.4 is 5.32 Å². The van der Waals surface area contributed by atoms with Crippen LogP contribution in [0.25, 0.3) is 10.8 Å². The van der Waals surface area contributed by atoms with Crippen molar-refractivity contribution in [2.75, 3.05) is 5.32 Å². The van der Waals surface area contributed by atoms with Gasteiger partial charge in [-0.2, -0.15) is 5.26 Å². The van der Waals surface area contributed by atoms with Gasteiger partial charge in [-0.3, -0.25) is 10.1 Å². The summed E-state index contributed by atoms with van der Waals surface area (Å²) in [5.41, 5.74) is 2.38. The maximum atomic E-state index is 12.7. The standard InChI is InChI=1S/C21H16N4O2S2/c1-12-3-8-17(27-12)20-24-13(2)18(29-20)19(26)25-21-23-11-16(28-21)9-14-4-6-15(10-22)7-5-14/h3-8,11H,9H2,1-2H3,(H,23,25,26). The zero-order valence-electron chi connectivity index (χ0n) is 15.7. The number of hydrogen-bond acceptors (Lipinski definition) is 7. The monoisotopic (exact) mass is 420 g/mol. The largest absolute Gasteiger partial charge is 0.459 e. The molecule has 0 saturated heterocycles. The summed E-state index contributed by atoms with van der Waals surface area (Å²) in [5, 5.41) is 13.0. The van der Waals surface area contributed by atoms with Crippen LogP contribution in [0.4, 0.5) is 5.13 Å². The number of rotatable bonds is 5. The van der Waals surface area contributed by atoms with E-state index in [-0.39, 0.29) is 5.91 Å². The first-order chi connectivity index (χ1) is 14.0. The number of thiazole rings is 2. The van der Waals surface area contributed by atoms with Gasteiger partial charge in [0.1, 0.15) is 10.6 Å². The molecule has 0 saturated carbocycles. The fourth-order valence-corrected chi connectivity index (χ4v) is 4.53. The second kappa shape index (κ2) is 7.99. The number of aryl methyl sites for hydroxylation is 2. The molecule has 0 aliphatic rings. The summed E-state index contributed by atoms with van der Waals surface area (Å²) in [4.78, 5) is 23.0. The fraction of sp³-hybridized carbons (Fsp3) is 0.143. The van der Waals surface area contributed by atoms with Crippen molar-refractivity contribution in [3.05, 3.63) is 74.9 Å². The molecule has 3 aromatic heterocycles. The lowest BCUT2D eigenvalue weighted by atomic mass is 10.1. The van der Waals surface area contributed by atoms with E-state index in [1.165, 1.54) is 22.7 Å². The van der Waals surface area contributed by atoms with Crippen molar-refractivity contribution in [1.82, 2.24) is 9.97 Å². The Labute approximate surface area is 175 Å². The van der Waals surface area contributed by atoms with Crippen molar-refractivity contribution >= 4 is 33.7 Å². The van der Waals surface area contributed by atoms with E-state index < -0.39 is 0 Å². The van der Waals surface area contributed by atoms with E-state index in [1.54, 1.807) is 18.3 Å². The number of nitrogens with one attached hydrogen (secondary N) is 1. The van der Waals surface area contributed by atoms with E-state index in [2.05, 4.69) is 21.4 Å². The van der Waals surface area contributed by atoms with Crippen LogP contribution in [0, 0.1) is 25.2 Å². The Bertz CT molecular complexity index is 1210. The Morgan fingerprint density at radius 2 is 1.97 bits per heavy atom. The number of amides is 1. The molecule has 0 bridgehead atoms. The lowest BCUT2D eigenvalue weighted by molar-refractivity contribution is 0.103. The van der Waals surface area contributed by atoms with Gasteiger partial charge in [-0.15, -0.1) is 22.7 Å². The third-order valence-electron chi connectivity index (χ3n) is 4.19. The van der Waals surface area contributed by atoms with Crippen molar-refractivity contribution < 1.29 is 9.21 Å². The van der Waals surface area contributed by atoms with Crippen LogP contribution in [0.1, 0.15) is 37.1 Å². The van der Waals surface area contributed by atoms with E-state index in [0.29, 0.717) is 38.5 Å². The van der Waals surface area contributed by atoms with Gasteiger partial charge in [0.2, 0.25) is 0 Å². The first kappa shape index (κ1) is 19.1. The lowest BCUT2D eigenvalue weighted by Crippen LogP contribution is -2.11. The van der Waals surface area contributed by atoms with Crippen LogP contribution >= 0.6 is 22.7 Å². The molecule has 1 amide bonds. The van der Waals surface area contributed by atoms with Crippen molar-refractivity contribution in [1.29, 1.82) is 5.26 Å². The van der Waals surface area contributed by atoms with Crippen LogP contribution in [0.2, 0.25) is 0 Å². The molecule has 1 N–H and O–H groups in total. The maximum Gasteiger partial charge on any atom is 0.269 e. The number of benzene rings is 1. The second-order valence-electron chi connectivity index (χ2n) is 6.42. The molecule has 29 heavy (non-hydrogen) atoms. The lowest BCUT2D eigenvalue weighted by Gasteiger charge is -1.99. The van der Waals surface area contributed by atoms with Gasteiger partial charge in [0.05, 0.1) is 17.3 Å². The van der Waals surface area contributed by atoms with E-state index in [0.717, 1.165) is 16.2 Å². The van der Waals surface area contributed by atoms with Gasteiger partial charge in [0, 0.05) is 17.5 Å². The van der Waals surface area contributed by atoms with Gasteiger partial charge in [-0.25, -0.2) is 9.97 Å². The molecule has 8 heteroatoms. The highest BCUT2D eigenvalue weighted by Gasteiger charge is 2.19. The molecule has 0 spiro atoms. The molecule has 4 rings (SSSR count). The number of carbonyl (C=O) groups is 1.